The van der Waals surface area contributed by atoms with Crippen LogP contribution >= 0.6 is 0 Å². The van der Waals surface area contributed by atoms with Gasteiger partial charge in [0.2, 0.25) is 0 Å². The molecular weight excluding hydrogens is 228 g/mol. The lowest BCUT2D eigenvalue weighted by atomic mass is 9.97. The fourth-order valence-corrected chi connectivity index (χ4v) is 2.44. The average Bonchev–Trinajstić information content (AvgIpc) is 2.34. The third-order valence-electron chi connectivity index (χ3n) is 3.88. The Labute approximate surface area is 111 Å². The zero-order chi connectivity index (χ0) is 13.4. The lowest BCUT2D eigenvalue weighted by molar-refractivity contribution is -0.156. The van der Waals surface area contributed by atoms with Crippen molar-refractivity contribution in [2.75, 3.05) is 0 Å². The van der Waals surface area contributed by atoms with Gasteiger partial charge in [-0.25, -0.2) is 0 Å². The molecule has 1 N–H and O–H groups in total. The third-order valence-corrected chi connectivity index (χ3v) is 3.88. The summed E-state index contributed by atoms with van der Waals surface area (Å²) < 4.78 is 5.38. The second kappa shape index (κ2) is 8.52. The molecule has 1 aliphatic rings. The second-order valence-electron chi connectivity index (χ2n) is 5.66. The highest BCUT2D eigenvalue weighted by molar-refractivity contribution is 5.72. The van der Waals surface area contributed by atoms with E-state index in [-0.39, 0.29) is 12.1 Å². The zero-order valence-electron chi connectivity index (χ0n) is 11.9. The zero-order valence-corrected chi connectivity index (χ0v) is 11.9. The molecule has 1 heterocycles. The van der Waals surface area contributed by atoms with Crippen molar-refractivity contribution in [2.45, 2.75) is 83.8 Å². The molecule has 0 amide bonds. The standard InChI is InChI=1S/C15H28O3/c1-12-10-8-6-4-3-5-7-9-11-14(16)13(2)15(17)18-12/h12-14,16H,3-11H2,1-2H3/t12-,13-,14+/m0/s1. The molecule has 1 aliphatic heterocycles. The summed E-state index contributed by atoms with van der Waals surface area (Å²) in [5, 5.41) is 9.94. The van der Waals surface area contributed by atoms with E-state index >= 15 is 0 Å². The number of carbonyl (C=O) groups is 1. The predicted octanol–water partition coefficient (Wildman–Crippen LogP) is 3.44. The van der Waals surface area contributed by atoms with Gasteiger partial charge >= 0.3 is 5.97 Å². The molecule has 0 bridgehead atoms. The molecule has 0 unspecified atom stereocenters. The Morgan fingerprint density at radius 3 is 2.06 bits per heavy atom. The molecule has 0 aliphatic carbocycles. The Bertz CT molecular complexity index is 240. The van der Waals surface area contributed by atoms with Crippen LogP contribution in [0, 0.1) is 5.92 Å². The first-order valence-corrected chi connectivity index (χ1v) is 7.50. The molecule has 3 atom stereocenters. The fraction of sp³-hybridized carbons (Fsp3) is 0.933. The molecule has 3 heteroatoms. The van der Waals surface area contributed by atoms with Crippen LogP contribution < -0.4 is 0 Å². The van der Waals surface area contributed by atoms with Crippen LogP contribution in [0.2, 0.25) is 0 Å². The Kier molecular flexibility index (Phi) is 7.33. The summed E-state index contributed by atoms with van der Waals surface area (Å²) in [4.78, 5) is 11.8. The second-order valence-corrected chi connectivity index (χ2v) is 5.66. The molecule has 0 spiro atoms. The van der Waals surface area contributed by atoms with Gasteiger partial charge in [-0.15, -0.1) is 0 Å². The van der Waals surface area contributed by atoms with Crippen molar-refractivity contribution < 1.29 is 14.6 Å². The first-order chi connectivity index (χ1) is 8.61. The highest BCUT2D eigenvalue weighted by Crippen LogP contribution is 2.18. The first-order valence-electron chi connectivity index (χ1n) is 7.50. The van der Waals surface area contributed by atoms with Crippen LogP contribution in [0.4, 0.5) is 0 Å². The van der Waals surface area contributed by atoms with Crippen molar-refractivity contribution in [2.24, 2.45) is 5.92 Å². The van der Waals surface area contributed by atoms with Crippen molar-refractivity contribution in [3.05, 3.63) is 0 Å². The minimum atomic E-state index is -0.548. The molecule has 18 heavy (non-hydrogen) atoms. The number of ether oxygens (including phenoxy) is 1. The van der Waals surface area contributed by atoms with E-state index in [0.717, 1.165) is 25.7 Å². The quantitative estimate of drug-likeness (QED) is 0.675. The van der Waals surface area contributed by atoms with Crippen LogP contribution in [0.25, 0.3) is 0 Å². The lowest BCUT2D eigenvalue weighted by Gasteiger charge is -2.21. The van der Waals surface area contributed by atoms with Crippen LogP contribution in [-0.4, -0.2) is 23.3 Å². The lowest BCUT2D eigenvalue weighted by Crippen LogP contribution is -2.29. The highest BCUT2D eigenvalue weighted by atomic mass is 16.5. The van der Waals surface area contributed by atoms with Crippen LogP contribution in [0.3, 0.4) is 0 Å². The minimum absolute atomic E-state index is 0.0184. The normalized spacial score (nSPS) is 33.5. The summed E-state index contributed by atoms with van der Waals surface area (Å²) in [5.74, 6) is -0.637. The molecule has 3 nitrogen and oxygen atoms in total. The summed E-state index contributed by atoms with van der Waals surface area (Å²) in [6, 6.07) is 0. The van der Waals surface area contributed by atoms with Crippen LogP contribution in [-0.2, 0) is 9.53 Å². The van der Waals surface area contributed by atoms with Crippen molar-refractivity contribution in [1.29, 1.82) is 0 Å². The summed E-state index contributed by atoms with van der Waals surface area (Å²) >= 11 is 0. The Morgan fingerprint density at radius 2 is 1.44 bits per heavy atom. The molecule has 1 fully saturated rings. The highest BCUT2D eigenvalue weighted by Gasteiger charge is 2.24. The van der Waals surface area contributed by atoms with Gasteiger partial charge in [0, 0.05) is 0 Å². The van der Waals surface area contributed by atoms with E-state index < -0.39 is 12.0 Å². The summed E-state index contributed by atoms with van der Waals surface area (Å²) in [6.45, 7) is 3.72. The van der Waals surface area contributed by atoms with Gasteiger partial charge in [0.15, 0.2) is 0 Å². The maximum atomic E-state index is 11.8. The largest absolute Gasteiger partial charge is 0.462 e. The van der Waals surface area contributed by atoms with Crippen LogP contribution in [0.15, 0.2) is 0 Å². The maximum Gasteiger partial charge on any atom is 0.311 e. The number of rotatable bonds is 0. The first kappa shape index (κ1) is 15.5. The summed E-state index contributed by atoms with van der Waals surface area (Å²) in [7, 11) is 0. The van der Waals surface area contributed by atoms with Crippen molar-refractivity contribution in [1.82, 2.24) is 0 Å². The fourth-order valence-electron chi connectivity index (χ4n) is 2.44. The van der Waals surface area contributed by atoms with E-state index in [1.807, 2.05) is 6.92 Å². The number of aliphatic hydroxyl groups is 1. The van der Waals surface area contributed by atoms with Crippen LogP contribution in [0.5, 0.6) is 0 Å². The molecule has 1 rings (SSSR count). The van der Waals surface area contributed by atoms with E-state index in [4.69, 9.17) is 4.74 Å². The van der Waals surface area contributed by atoms with Gasteiger partial charge in [-0.2, -0.15) is 0 Å². The topological polar surface area (TPSA) is 46.5 Å². The Hall–Kier alpha value is -0.570. The number of hydrogen-bond donors (Lipinski definition) is 1. The molecule has 0 aromatic rings. The molecule has 106 valence electrons. The number of carbonyl (C=O) groups excluding carboxylic acids is 1. The number of hydrogen-bond acceptors (Lipinski definition) is 3. The Morgan fingerprint density at radius 1 is 0.944 bits per heavy atom. The van der Waals surface area contributed by atoms with Gasteiger partial charge < -0.3 is 9.84 Å². The molecular formula is C15H28O3. The van der Waals surface area contributed by atoms with Gasteiger partial charge in [0.1, 0.15) is 0 Å². The van der Waals surface area contributed by atoms with Gasteiger partial charge in [0.05, 0.1) is 18.1 Å². The predicted molar refractivity (Wildman–Crippen MR) is 72.3 cm³/mol. The van der Waals surface area contributed by atoms with Gasteiger partial charge in [-0.05, 0) is 33.1 Å². The molecule has 0 saturated carbocycles. The van der Waals surface area contributed by atoms with Gasteiger partial charge in [-0.1, -0.05) is 38.5 Å². The maximum absolute atomic E-state index is 11.8. The SMILES string of the molecule is C[C@@H]1C(=O)O[C@@H](C)CCCCCCCCC[C@H]1O. The number of cyclic esters (lactones) is 1. The summed E-state index contributed by atoms with van der Waals surface area (Å²) in [6.07, 6.45) is 9.44. The van der Waals surface area contributed by atoms with E-state index in [9.17, 15) is 9.90 Å². The van der Waals surface area contributed by atoms with E-state index in [1.54, 1.807) is 6.92 Å². The summed E-state index contributed by atoms with van der Waals surface area (Å²) in [5.41, 5.74) is 0. The molecule has 0 aromatic heterocycles. The van der Waals surface area contributed by atoms with Crippen LogP contribution in [0.1, 0.15) is 71.6 Å². The van der Waals surface area contributed by atoms with E-state index in [0.29, 0.717) is 6.42 Å². The third kappa shape index (κ3) is 5.85. The smallest absolute Gasteiger partial charge is 0.311 e. The minimum Gasteiger partial charge on any atom is -0.462 e. The van der Waals surface area contributed by atoms with Crippen molar-refractivity contribution in [3.63, 3.8) is 0 Å². The van der Waals surface area contributed by atoms with E-state index in [2.05, 4.69) is 0 Å². The Balaban J connectivity index is 2.46. The van der Waals surface area contributed by atoms with Crippen molar-refractivity contribution >= 4 is 5.97 Å². The van der Waals surface area contributed by atoms with Gasteiger partial charge in [0.25, 0.3) is 0 Å². The molecule has 0 aromatic carbocycles. The van der Waals surface area contributed by atoms with Gasteiger partial charge in [-0.3, -0.25) is 4.79 Å². The molecule has 1 saturated heterocycles. The van der Waals surface area contributed by atoms with Crippen molar-refractivity contribution in [3.8, 4) is 0 Å². The number of esters is 1. The number of aliphatic hydroxyl groups excluding tert-OH is 1. The molecule has 0 radical (unpaired) electrons. The monoisotopic (exact) mass is 256 g/mol. The van der Waals surface area contributed by atoms with E-state index in [1.165, 1.54) is 25.7 Å². The average molecular weight is 256 g/mol.